The Balaban J connectivity index is 1.70. The van der Waals surface area contributed by atoms with Crippen molar-refractivity contribution >= 4 is 23.3 Å². The zero-order valence-electron chi connectivity index (χ0n) is 15.9. The molecule has 0 fully saturated rings. The van der Waals surface area contributed by atoms with E-state index in [2.05, 4.69) is 10.6 Å². The van der Waals surface area contributed by atoms with Gasteiger partial charge in [0.25, 0.3) is 0 Å². The minimum absolute atomic E-state index is 0.0404. The molecule has 0 saturated heterocycles. The van der Waals surface area contributed by atoms with Gasteiger partial charge >= 0.3 is 6.03 Å². The molecule has 2 aromatic carbocycles. The molecule has 0 saturated carbocycles. The molecule has 1 unspecified atom stereocenters. The third-order valence-corrected chi connectivity index (χ3v) is 4.70. The van der Waals surface area contributed by atoms with Crippen LogP contribution in [-0.4, -0.2) is 31.6 Å². The Labute approximate surface area is 159 Å². The van der Waals surface area contributed by atoms with Crippen LogP contribution in [0, 0.1) is 5.92 Å². The SMILES string of the molecule is COc1cccc(NC(=O)NC(C(=O)N2CCc3ccccc32)C(C)C)c1. The van der Waals surface area contributed by atoms with Gasteiger partial charge in [0.2, 0.25) is 5.91 Å². The second-order valence-electron chi connectivity index (χ2n) is 6.92. The summed E-state index contributed by atoms with van der Waals surface area (Å²) in [4.78, 5) is 27.3. The van der Waals surface area contributed by atoms with Crippen molar-refractivity contribution in [1.82, 2.24) is 5.32 Å². The zero-order chi connectivity index (χ0) is 19.4. The predicted octanol–water partition coefficient (Wildman–Crippen LogP) is 3.43. The van der Waals surface area contributed by atoms with E-state index in [1.165, 1.54) is 0 Å². The Bertz CT molecular complexity index is 835. The molecule has 0 aromatic heterocycles. The minimum Gasteiger partial charge on any atom is -0.497 e. The monoisotopic (exact) mass is 367 g/mol. The number of ether oxygens (including phenoxy) is 1. The van der Waals surface area contributed by atoms with E-state index in [4.69, 9.17) is 4.74 Å². The summed E-state index contributed by atoms with van der Waals surface area (Å²) in [5.74, 6) is 0.523. The number of benzene rings is 2. The van der Waals surface area contributed by atoms with E-state index >= 15 is 0 Å². The Morgan fingerprint density at radius 1 is 1.11 bits per heavy atom. The molecule has 27 heavy (non-hydrogen) atoms. The molecule has 1 atom stereocenters. The first-order chi connectivity index (χ1) is 13.0. The second-order valence-corrected chi connectivity index (χ2v) is 6.92. The third kappa shape index (κ3) is 4.22. The third-order valence-electron chi connectivity index (χ3n) is 4.70. The highest BCUT2D eigenvalue weighted by Gasteiger charge is 2.32. The number of urea groups is 1. The number of para-hydroxylation sites is 1. The molecule has 0 radical (unpaired) electrons. The quantitative estimate of drug-likeness (QED) is 0.851. The summed E-state index contributed by atoms with van der Waals surface area (Å²) in [5, 5.41) is 5.59. The first-order valence-electron chi connectivity index (χ1n) is 9.10. The van der Waals surface area contributed by atoms with E-state index in [1.54, 1.807) is 36.3 Å². The van der Waals surface area contributed by atoms with E-state index in [0.29, 0.717) is 18.0 Å². The second kappa shape index (κ2) is 8.12. The van der Waals surface area contributed by atoms with Gasteiger partial charge in [0.05, 0.1) is 7.11 Å². The number of fused-ring (bicyclic) bond motifs is 1. The van der Waals surface area contributed by atoms with Crippen molar-refractivity contribution in [2.24, 2.45) is 5.92 Å². The maximum atomic E-state index is 13.1. The van der Waals surface area contributed by atoms with Gasteiger partial charge in [-0.25, -0.2) is 4.79 Å². The van der Waals surface area contributed by atoms with E-state index in [1.807, 2.05) is 38.1 Å². The van der Waals surface area contributed by atoms with Crippen molar-refractivity contribution in [2.75, 3.05) is 23.9 Å². The lowest BCUT2D eigenvalue weighted by Crippen LogP contribution is -2.52. The number of hydrogen-bond acceptors (Lipinski definition) is 3. The minimum atomic E-state index is -0.609. The molecular weight excluding hydrogens is 342 g/mol. The first-order valence-corrected chi connectivity index (χ1v) is 9.10. The molecule has 2 N–H and O–H groups in total. The van der Waals surface area contributed by atoms with Crippen LogP contribution < -0.4 is 20.3 Å². The smallest absolute Gasteiger partial charge is 0.319 e. The fraction of sp³-hybridized carbons (Fsp3) is 0.333. The van der Waals surface area contributed by atoms with E-state index < -0.39 is 12.1 Å². The fourth-order valence-electron chi connectivity index (χ4n) is 3.26. The number of nitrogens with zero attached hydrogens (tertiary/aromatic N) is 1. The number of hydrogen-bond donors (Lipinski definition) is 2. The fourth-order valence-corrected chi connectivity index (χ4v) is 3.26. The molecule has 0 spiro atoms. The molecule has 6 heteroatoms. The molecule has 3 rings (SSSR count). The molecule has 6 nitrogen and oxygen atoms in total. The van der Waals surface area contributed by atoms with Gasteiger partial charge in [-0.3, -0.25) is 4.79 Å². The van der Waals surface area contributed by atoms with Crippen molar-refractivity contribution in [2.45, 2.75) is 26.3 Å². The molecule has 0 aliphatic carbocycles. The molecule has 142 valence electrons. The number of amides is 3. The van der Waals surface area contributed by atoms with E-state index in [9.17, 15) is 9.59 Å². The average molecular weight is 367 g/mol. The molecule has 2 aromatic rings. The first kappa shape index (κ1) is 18.8. The van der Waals surface area contributed by atoms with E-state index in [0.717, 1.165) is 17.7 Å². The maximum absolute atomic E-state index is 13.1. The molecule has 1 aliphatic heterocycles. The van der Waals surface area contributed by atoms with Gasteiger partial charge in [-0.05, 0) is 36.1 Å². The van der Waals surface area contributed by atoms with Crippen LogP contribution in [0.4, 0.5) is 16.2 Å². The number of carbonyl (C=O) groups excluding carboxylic acids is 2. The normalized spacial score (nSPS) is 13.9. The van der Waals surface area contributed by atoms with Crippen molar-refractivity contribution < 1.29 is 14.3 Å². The number of methoxy groups -OCH3 is 1. The van der Waals surface area contributed by atoms with Crippen LogP contribution in [-0.2, 0) is 11.2 Å². The van der Waals surface area contributed by atoms with Gasteiger partial charge in [0, 0.05) is 24.0 Å². The lowest BCUT2D eigenvalue weighted by atomic mass is 10.0. The lowest BCUT2D eigenvalue weighted by Gasteiger charge is -2.27. The highest BCUT2D eigenvalue weighted by atomic mass is 16.5. The zero-order valence-corrected chi connectivity index (χ0v) is 15.9. The summed E-state index contributed by atoms with van der Waals surface area (Å²) in [6.07, 6.45) is 0.836. The summed E-state index contributed by atoms with van der Waals surface area (Å²) < 4.78 is 5.16. The standard InChI is InChI=1S/C21H25N3O3/c1-14(2)19(20(25)24-12-11-15-7-4-5-10-18(15)24)23-21(26)22-16-8-6-9-17(13-16)27-3/h4-10,13-14,19H,11-12H2,1-3H3,(H2,22,23,26). The van der Waals surface area contributed by atoms with Crippen molar-refractivity contribution in [3.8, 4) is 5.75 Å². The summed E-state index contributed by atoms with van der Waals surface area (Å²) >= 11 is 0. The number of anilines is 2. The number of nitrogens with one attached hydrogen (secondary N) is 2. The largest absolute Gasteiger partial charge is 0.497 e. The molecule has 3 amide bonds. The van der Waals surface area contributed by atoms with Gasteiger partial charge in [-0.2, -0.15) is 0 Å². The van der Waals surface area contributed by atoms with Crippen molar-refractivity contribution in [3.05, 3.63) is 54.1 Å². The van der Waals surface area contributed by atoms with Crippen molar-refractivity contribution in [3.63, 3.8) is 0 Å². The van der Waals surface area contributed by atoms with Crippen LogP contribution in [0.5, 0.6) is 5.75 Å². The topological polar surface area (TPSA) is 70.7 Å². The van der Waals surface area contributed by atoms with Gasteiger partial charge in [-0.15, -0.1) is 0 Å². The molecular formula is C21H25N3O3. The Kier molecular flexibility index (Phi) is 5.64. The highest BCUT2D eigenvalue weighted by molar-refractivity contribution is 6.02. The molecule has 1 aliphatic rings. The van der Waals surface area contributed by atoms with Crippen molar-refractivity contribution in [1.29, 1.82) is 0 Å². The van der Waals surface area contributed by atoms with Gasteiger partial charge < -0.3 is 20.3 Å². The lowest BCUT2D eigenvalue weighted by molar-refractivity contribution is -0.121. The van der Waals surface area contributed by atoms with Crippen LogP contribution in [0.2, 0.25) is 0 Å². The Morgan fingerprint density at radius 3 is 2.63 bits per heavy atom. The van der Waals surface area contributed by atoms with Crippen LogP contribution in [0.15, 0.2) is 48.5 Å². The van der Waals surface area contributed by atoms with Crippen LogP contribution in [0.1, 0.15) is 19.4 Å². The number of carbonyl (C=O) groups is 2. The highest BCUT2D eigenvalue weighted by Crippen LogP contribution is 2.28. The summed E-state index contributed by atoms with van der Waals surface area (Å²) in [6.45, 7) is 4.49. The molecule has 1 heterocycles. The maximum Gasteiger partial charge on any atom is 0.319 e. The Morgan fingerprint density at radius 2 is 1.89 bits per heavy atom. The van der Waals surface area contributed by atoms with E-state index in [-0.39, 0.29) is 11.8 Å². The van der Waals surface area contributed by atoms with Gasteiger partial charge in [0.15, 0.2) is 0 Å². The van der Waals surface area contributed by atoms with Gasteiger partial charge in [0.1, 0.15) is 11.8 Å². The Hall–Kier alpha value is -3.02. The average Bonchev–Trinajstić information content (AvgIpc) is 3.09. The number of rotatable bonds is 5. The van der Waals surface area contributed by atoms with Gasteiger partial charge in [-0.1, -0.05) is 38.1 Å². The predicted molar refractivity (Wildman–Crippen MR) is 106 cm³/mol. The molecule has 0 bridgehead atoms. The summed E-state index contributed by atoms with van der Waals surface area (Å²) in [6, 6.07) is 14.0. The van der Waals surface area contributed by atoms with Crippen LogP contribution in [0.3, 0.4) is 0 Å². The summed E-state index contributed by atoms with van der Waals surface area (Å²) in [5.41, 5.74) is 2.70. The van der Waals surface area contributed by atoms with Crippen LogP contribution in [0.25, 0.3) is 0 Å². The van der Waals surface area contributed by atoms with Crippen LogP contribution >= 0.6 is 0 Å². The summed E-state index contributed by atoms with van der Waals surface area (Å²) in [7, 11) is 1.57.